The third kappa shape index (κ3) is 3.04. The number of aromatic nitrogens is 2. The number of hydrogen-bond acceptors (Lipinski definition) is 2. The molecule has 0 aliphatic carbocycles. The standard InChI is InChI=1S/C20H23N3O/c1-4-5-12-23-18-9-7-6-8-17(18)15(3)19(23)20(24)22-16-10-11-21-14(2)13-16/h6-11,13H,4-5,12H2,1-3H3,(H,21,22,24). The summed E-state index contributed by atoms with van der Waals surface area (Å²) in [6, 6.07) is 11.9. The van der Waals surface area contributed by atoms with Crippen LogP contribution in [-0.4, -0.2) is 15.5 Å². The maximum atomic E-state index is 12.9. The number of carbonyl (C=O) groups excluding carboxylic acids is 1. The molecule has 3 rings (SSSR count). The number of para-hydroxylation sites is 1. The molecule has 3 aromatic rings. The molecule has 4 heteroatoms. The minimum Gasteiger partial charge on any atom is -0.336 e. The van der Waals surface area contributed by atoms with E-state index in [2.05, 4.69) is 33.9 Å². The lowest BCUT2D eigenvalue weighted by molar-refractivity contribution is 0.101. The number of aryl methyl sites for hydroxylation is 3. The van der Waals surface area contributed by atoms with Crippen LogP contribution in [0.1, 0.15) is 41.5 Å². The molecule has 4 nitrogen and oxygen atoms in total. The van der Waals surface area contributed by atoms with Gasteiger partial charge in [0.05, 0.1) is 0 Å². The van der Waals surface area contributed by atoms with Gasteiger partial charge in [-0.3, -0.25) is 9.78 Å². The Morgan fingerprint density at radius 3 is 2.75 bits per heavy atom. The van der Waals surface area contributed by atoms with Crippen molar-refractivity contribution >= 4 is 22.5 Å². The van der Waals surface area contributed by atoms with Crippen LogP contribution in [0.3, 0.4) is 0 Å². The first kappa shape index (κ1) is 16.2. The minimum absolute atomic E-state index is 0.0644. The van der Waals surface area contributed by atoms with Gasteiger partial charge >= 0.3 is 0 Å². The van der Waals surface area contributed by atoms with Crippen LogP contribution < -0.4 is 5.32 Å². The lowest BCUT2D eigenvalue weighted by Gasteiger charge is -2.12. The van der Waals surface area contributed by atoms with Gasteiger partial charge in [0.15, 0.2) is 0 Å². The van der Waals surface area contributed by atoms with Gasteiger partial charge in [-0.15, -0.1) is 0 Å². The van der Waals surface area contributed by atoms with Gasteiger partial charge in [-0.1, -0.05) is 31.5 Å². The zero-order chi connectivity index (χ0) is 17.1. The van der Waals surface area contributed by atoms with Gasteiger partial charge in [-0.05, 0) is 44.0 Å². The van der Waals surface area contributed by atoms with Gasteiger partial charge in [0.2, 0.25) is 0 Å². The van der Waals surface area contributed by atoms with Crippen molar-refractivity contribution in [2.24, 2.45) is 0 Å². The predicted molar refractivity (Wildman–Crippen MR) is 98.5 cm³/mol. The van der Waals surface area contributed by atoms with E-state index in [1.165, 1.54) is 0 Å². The van der Waals surface area contributed by atoms with Crippen molar-refractivity contribution in [1.29, 1.82) is 0 Å². The smallest absolute Gasteiger partial charge is 0.272 e. The van der Waals surface area contributed by atoms with Crippen LogP contribution in [0.15, 0.2) is 42.6 Å². The van der Waals surface area contributed by atoms with Crippen molar-refractivity contribution in [2.75, 3.05) is 5.32 Å². The van der Waals surface area contributed by atoms with E-state index in [4.69, 9.17) is 0 Å². The fourth-order valence-electron chi connectivity index (χ4n) is 3.13. The lowest BCUT2D eigenvalue weighted by atomic mass is 10.1. The molecule has 0 aliphatic heterocycles. The third-order valence-corrected chi connectivity index (χ3v) is 4.33. The molecule has 1 N–H and O–H groups in total. The summed E-state index contributed by atoms with van der Waals surface area (Å²) in [6.45, 7) is 6.96. The van der Waals surface area contributed by atoms with Gasteiger partial charge in [0.1, 0.15) is 5.69 Å². The van der Waals surface area contributed by atoms with E-state index in [0.717, 1.165) is 52.9 Å². The number of anilines is 1. The van der Waals surface area contributed by atoms with Crippen molar-refractivity contribution in [1.82, 2.24) is 9.55 Å². The Morgan fingerprint density at radius 1 is 1.21 bits per heavy atom. The van der Waals surface area contributed by atoms with Crippen molar-refractivity contribution < 1.29 is 4.79 Å². The van der Waals surface area contributed by atoms with Crippen LogP contribution >= 0.6 is 0 Å². The van der Waals surface area contributed by atoms with Crippen molar-refractivity contribution in [3.8, 4) is 0 Å². The van der Waals surface area contributed by atoms with Gasteiger partial charge < -0.3 is 9.88 Å². The van der Waals surface area contributed by atoms with Gasteiger partial charge in [-0.2, -0.15) is 0 Å². The second-order valence-electron chi connectivity index (χ2n) is 6.14. The first-order chi connectivity index (χ1) is 11.6. The second kappa shape index (κ2) is 6.87. The molecule has 1 amide bonds. The van der Waals surface area contributed by atoms with E-state index >= 15 is 0 Å². The van der Waals surface area contributed by atoms with Crippen molar-refractivity contribution in [2.45, 2.75) is 40.2 Å². The van der Waals surface area contributed by atoms with Crippen LogP contribution in [0.4, 0.5) is 5.69 Å². The van der Waals surface area contributed by atoms with Crippen LogP contribution in [0.25, 0.3) is 10.9 Å². The quantitative estimate of drug-likeness (QED) is 0.740. The van der Waals surface area contributed by atoms with Crippen LogP contribution in [0.5, 0.6) is 0 Å². The van der Waals surface area contributed by atoms with Crippen molar-refractivity contribution in [3.05, 3.63) is 59.5 Å². The molecular weight excluding hydrogens is 298 g/mol. The summed E-state index contributed by atoms with van der Waals surface area (Å²) in [6.07, 6.45) is 3.85. The predicted octanol–water partition coefficient (Wildman–Crippen LogP) is 4.71. The molecular formula is C20H23N3O. The molecule has 0 spiro atoms. The minimum atomic E-state index is -0.0644. The Morgan fingerprint density at radius 2 is 2.00 bits per heavy atom. The van der Waals surface area contributed by atoms with Crippen molar-refractivity contribution in [3.63, 3.8) is 0 Å². The highest BCUT2D eigenvalue weighted by Crippen LogP contribution is 2.27. The molecule has 0 atom stereocenters. The van der Waals surface area contributed by atoms with Gasteiger partial charge in [0.25, 0.3) is 5.91 Å². The molecule has 0 saturated heterocycles. The number of benzene rings is 1. The van der Waals surface area contributed by atoms with E-state index in [9.17, 15) is 4.79 Å². The number of nitrogens with one attached hydrogen (secondary N) is 1. The van der Waals surface area contributed by atoms with Gasteiger partial charge in [0, 0.05) is 35.0 Å². The summed E-state index contributed by atoms with van der Waals surface area (Å²) in [5.74, 6) is -0.0644. The second-order valence-corrected chi connectivity index (χ2v) is 6.14. The van der Waals surface area contributed by atoms with Gasteiger partial charge in [-0.25, -0.2) is 0 Å². The zero-order valence-electron chi connectivity index (χ0n) is 14.5. The Balaban J connectivity index is 2.03. The number of nitrogens with zero attached hydrogens (tertiary/aromatic N) is 2. The van der Waals surface area contributed by atoms with E-state index in [1.807, 2.05) is 38.1 Å². The summed E-state index contributed by atoms with van der Waals surface area (Å²) in [7, 11) is 0. The number of hydrogen-bond donors (Lipinski definition) is 1. The monoisotopic (exact) mass is 321 g/mol. The van der Waals surface area contributed by atoms with Crippen LogP contribution in [0.2, 0.25) is 0 Å². The fraction of sp³-hybridized carbons (Fsp3) is 0.300. The van der Waals surface area contributed by atoms with E-state index in [1.54, 1.807) is 6.20 Å². The number of amides is 1. The molecule has 0 bridgehead atoms. The third-order valence-electron chi connectivity index (χ3n) is 4.33. The van der Waals surface area contributed by atoms with E-state index < -0.39 is 0 Å². The highest BCUT2D eigenvalue weighted by Gasteiger charge is 2.20. The Labute approximate surface area is 142 Å². The van der Waals surface area contributed by atoms with E-state index in [0.29, 0.717) is 0 Å². The summed E-state index contributed by atoms with van der Waals surface area (Å²) in [5, 5.41) is 4.16. The summed E-state index contributed by atoms with van der Waals surface area (Å²) in [4.78, 5) is 17.1. The Bertz CT molecular complexity index is 880. The normalized spacial score (nSPS) is 11.0. The average molecular weight is 321 g/mol. The molecule has 124 valence electrons. The first-order valence-corrected chi connectivity index (χ1v) is 8.43. The maximum absolute atomic E-state index is 12.9. The number of unbranched alkanes of at least 4 members (excludes halogenated alkanes) is 1. The molecule has 24 heavy (non-hydrogen) atoms. The van der Waals surface area contributed by atoms with Crippen LogP contribution in [0, 0.1) is 13.8 Å². The molecule has 0 aliphatic rings. The number of carbonyl (C=O) groups is 1. The van der Waals surface area contributed by atoms with E-state index in [-0.39, 0.29) is 5.91 Å². The SMILES string of the molecule is CCCCn1c(C(=O)Nc2ccnc(C)c2)c(C)c2ccccc21. The first-order valence-electron chi connectivity index (χ1n) is 8.43. The Hall–Kier alpha value is -2.62. The van der Waals surface area contributed by atoms with Crippen LogP contribution in [-0.2, 0) is 6.54 Å². The topological polar surface area (TPSA) is 46.9 Å². The Kier molecular flexibility index (Phi) is 4.65. The summed E-state index contributed by atoms with van der Waals surface area (Å²) >= 11 is 0. The largest absolute Gasteiger partial charge is 0.336 e. The highest BCUT2D eigenvalue weighted by molar-refractivity contribution is 6.08. The molecule has 2 heterocycles. The fourth-order valence-corrected chi connectivity index (χ4v) is 3.13. The molecule has 0 fully saturated rings. The molecule has 0 radical (unpaired) electrons. The number of fused-ring (bicyclic) bond motifs is 1. The zero-order valence-corrected chi connectivity index (χ0v) is 14.5. The average Bonchev–Trinajstić information content (AvgIpc) is 2.85. The molecule has 0 unspecified atom stereocenters. The molecule has 0 saturated carbocycles. The highest BCUT2D eigenvalue weighted by atomic mass is 16.2. The number of rotatable bonds is 5. The summed E-state index contributed by atoms with van der Waals surface area (Å²) < 4.78 is 2.15. The maximum Gasteiger partial charge on any atom is 0.272 e. The molecule has 1 aromatic carbocycles. The number of pyridine rings is 1. The molecule has 2 aromatic heterocycles. The lowest BCUT2D eigenvalue weighted by Crippen LogP contribution is -2.18. The summed E-state index contributed by atoms with van der Waals surface area (Å²) in [5.41, 5.74) is 4.57.